The molecule has 0 saturated carbocycles. The highest BCUT2D eigenvalue weighted by Crippen LogP contribution is 1.96. The summed E-state index contributed by atoms with van der Waals surface area (Å²) >= 11 is 0. The van der Waals surface area contributed by atoms with Crippen LogP contribution in [0.4, 0.5) is 9.59 Å². The SMILES string of the molecule is CCCCCOC(=O)N=NC(=O)OC. The third kappa shape index (κ3) is 7.20. The molecule has 14 heavy (non-hydrogen) atoms. The fourth-order valence-corrected chi connectivity index (χ4v) is 0.663. The molecule has 0 saturated heterocycles. The van der Waals surface area contributed by atoms with Crippen LogP contribution in [0.2, 0.25) is 0 Å². The van der Waals surface area contributed by atoms with Crippen LogP contribution < -0.4 is 0 Å². The Balaban J connectivity index is 3.55. The highest BCUT2D eigenvalue weighted by Gasteiger charge is 2.01. The van der Waals surface area contributed by atoms with Crippen molar-refractivity contribution in [3.8, 4) is 0 Å². The van der Waals surface area contributed by atoms with Gasteiger partial charge in [0.1, 0.15) is 0 Å². The number of azo groups is 1. The molecule has 0 aromatic rings. The topological polar surface area (TPSA) is 77.3 Å². The van der Waals surface area contributed by atoms with Gasteiger partial charge in [0.15, 0.2) is 0 Å². The minimum absolute atomic E-state index is 0.298. The van der Waals surface area contributed by atoms with E-state index in [0.717, 1.165) is 26.4 Å². The summed E-state index contributed by atoms with van der Waals surface area (Å²) in [5.41, 5.74) is 0. The van der Waals surface area contributed by atoms with E-state index in [2.05, 4.69) is 19.7 Å². The molecule has 0 aliphatic heterocycles. The van der Waals surface area contributed by atoms with Crippen molar-refractivity contribution in [2.24, 2.45) is 10.2 Å². The number of rotatable bonds is 4. The van der Waals surface area contributed by atoms with Gasteiger partial charge in [-0.3, -0.25) is 0 Å². The van der Waals surface area contributed by atoms with Crippen LogP contribution in [0.1, 0.15) is 26.2 Å². The molecular weight excluding hydrogens is 188 g/mol. The first kappa shape index (κ1) is 12.5. The molecule has 0 N–H and O–H groups in total. The highest BCUT2D eigenvalue weighted by atomic mass is 16.6. The molecule has 0 radical (unpaired) electrons. The Labute approximate surface area is 82.3 Å². The maximum absolute atomic E-state index is 10.7. The Kier molecular flexibility index (Phi) is 7.30. The lowest BCUT2D eigenvalue weighted by atomic mass is 10.3. The molecule has 0 fully saturated rings. The molecule has 0 heterocycles. The molecule has 0 rings (SSSR count). The van der Waals surface area contributed by atoms with Crippen LogP contribution in [-0.2, 0) is 9.47 Å². The van der Waals surface area contributed by atoms with Gasteiger partial charge in [-0.25, -0.2) is 9.59 Å². The molecule has 0 bridgehead atoms. The number of nitrogens with zero attached hydrogens (tertiary/aromatic N) is 2. The van der Waals surface area contributed by atoms with Gasteiger partial charge in [-0.1, -0.05) is 30.0 Å². The standard InChI is InChI=1S/C8H14N2O4/c1-3-4-5-6-14-8(12)10-9-7(11)13-2/h3-6H2,1-2H3. The first-order valence-corrected chi connectivity index (χ1v) is 4.37. The Morgan fingerprint density at radius 3 is 2.36 bits per heavy atom. The van der Waals surface area contributed by atoms with Crippen molar-refractivity contribution in [1.82, 2.24) is 0 Å². The molecular formula is C8H14N2O4. The van der Waals surface area contributed by atoms with Crippen molar-refractivity contribution in [2.45, 2.75) is 26.2 Å². The fourth-order valence-electron chi connectivity index (χ4n) is 0.663. The number of hydrogen-bond donors (Lipinski definition) is 0. The summed E-state index contributed by atoms with van der Waals surface area (Å²) in [6.45, 7) is 2.34. The van der Waals surface area contributed by atoms with E-state index in [-0.39, 0.29) is 0 Å². The van der Waals surface area contributed by atoms with Crippen LogP contribution in [0.3, 0.4) is 0 Å². The molecule has 0 aromatic heterocycles. The van der Waals surface area contributed by atoms with Crippen LogP contribution in [0.5, 0.6) is 0 Å². The number of carbonyl (C=O) groups is 2. The predicted molar refractivity (Wildman–Crippen MR) is 48.1 cm³/mol. The first-order valence-electron chi connectivity index (χ1n) is 4.37. The summed E-state index contributed by atoms with van der Waals surface area (Å²) in [6.07, 6.45) is 1.03. The predicted octanol–water partition coefficient (Wildman–Crippen LogP) is 2.53. The molecule has 6 nitrogen and oxygen atoms in total. The highest BCUT2D eigenvalue weighted by molar-refractivity contribution is 5.72. The Hall–Kier alpha value is -1.46. The summed E-state index contributed by atoms with van der Waals surface area (Å²) < 4.78 is 8.77. The van der Waals surface area contributed by atoms with Crippen molar-refractivity contribution in [2.75, 3.05) is 13.7 Å². The molecule has 6 heteroatoms. The average molecular weight is 202 g/mol. The van der Waals surface area contributed by atoms with E-state index in [0.29, 0.717) is 6.61 Å². The van der Waals surface area contributed by atoms with Crippen molar-refractivity contribution in [3.05, 3.63) is 0 Å². The van der Waals surface area contributed by atoms with Gasteiger partial charge in [0, 0.05) is 0 Å². The van der Waals surface area contributed by atoms with E-state index in [9.17, 15) is 9.59 Å². The third-order valence-electron chi connectivity index (χ3n) is 1.36. The zero-order valence-electron chi connectivity index (χ0n) is 8.36. The average Bonchev–Trinajstić information content (AvgIpc) is 2.21. The lowest BCUT2D eigenvalue weighted by Gasteiger charge is -1.98. The second kappa shape index (κ2) is 8.15. The van der Waals surface area contributed by atoms with Gasteiger partial charge >= 0.3 is 12.2 Å². The van der Waals surface area contributed by atoms with E-state index in [1.165, 1.54) is 0 Å². The number of hydrogen-bond acceptors (Lipinski definition) is 4. The number of unbranched alkanes of at least 4 members (excludes halogenated alkanes) is 2. The summed E-state index contributed by atoms with van der Waals surface area (Å²) in [6, 6.07) is 0. The maximum Gasteiger partial charge on any atom is 0.452 e. The van der Waals surface area contributed by atoms with Crippen molar-refractivity contribution < 1.29 is 19.1 Å². The van der Waals surface area contributed by atoms with Gasteiger partial charge in [0.25, 0.3) is 0 Å². The zero-order valence-corrected chi connectivity index (χ0v) is 8.36. The molecule has 0 aromatic carbocycles. The zero-order chi connectivity index (χ0) is 10.8. The van der Waals surface area contributed by atoms with Gasteiger partial charge in [-0.2, -0.15) is 0 Å². The molecule has 0 atom stereocenters. The summed E-state index contributed by atoms with van der Waals surface area (Å²) in [5.74, 6) is 0. The quantitative estimate of drug-likeness (QED) is 0.518. The Morgan fingerprint density at radius 2 is 1.79 bits per heavy atom. The Bertz CT molecular complexity index is 215. The van der Waals surface area contributed by atoms with E-state index in [1.54, 1.807) is 0 Å². The lowest BCUT2D eigenvalue weighted by molar-refractivity contribution is 0.150. The molecule has 2 amide bonds. The van der Waals surface area contributed by atoms with Crippen molar-refractivity contribution in [3.63, 3.8) is 0 Å². The third-order valence-corrected chi connectivity index (χ3v) is 1.36. The van der Waals surface area contributed by atoms with Gasteiger partial charge in [-0.05, 0) is 6.42 Å². The van der Waals surface area contributed by atoms with Crippen LogP contribution in [0.15, 0.2) is 10.2 Å². The van der Waals surface area contributed by atoms with Gasteiger partial charge in [0.2, 0.25) is 0 Å². The van der Waals surface area contributed by atoms with Crippen LogP contribution in [0.25, 0.3) is 0 Å². The second-order valence-corrected chi connectivity index (χ2v) is 2.49. The molecule has 0 spiro atoms. The minimum Gasteiger partial charge on any atom is -0.450 e. The van der Waals surface area contributed by atoms with E-state index in [1.807, 2.05) is 6.92 Å². The summed E-state index contributed by atoms with van der Waals surface area (Å²) in [7, 11) is 1.15. The number of ether oxygens (including phenoxy) is 2. The second-order valence-electron chi connectivity index (χ2n) is 2.49. The number of carbonyl (C=O) groups excluding carboxylic acids is 2. The smallest absolute Gasteiger partial charge is 0.450 e. The molecule has 0 aliphatic rings. The van der Waals surface area contributed by atoms with Crippen LogP contribution in [-0.4, -0.2) is 25.9 Å². The minimum atomic E-state index is -0.921. The fraction of sp³-hybridized carbons (Fsp3) is 0.750. The monoisotopic (exact) mass is 202 g/mol. The molecule has 0 aliphatic carbocycles. The molecule has 80 valence electrons. The summed E-state index contributed by atoms with van der Waals surface area (Å²) in [4.78, 5) is 21.1. The van der Waals surface area contributed by atoms with Crippen molar-refractivity contribution >= 4 is 12.2 Å². The number of methoxy groups -OCH3 is 1. The van der Waals surface area contributed by atoms with E-state index < -0.39 is 12.2 Å². The molecule has 0 unspecified atom stereocenters. The van der Waals surface area contributed by atoms with Gasteiger partial charge in [-0.15, -0.1) is 0 Å². The van der Waals surface area contributed by atoms with Crippen molar-refractivity contribution in [1.29, 1.82) is 0 Å². The van der Waals surface area contributed by atoms with Crippen LogP contribution >= 0.6 is 0 Å². The normalized spacial score (nSPS) is 10.1. The Morgan fingerprint density at radius 1 is 1.14 bits per heavy atom. The lowest BCUT2D eigenvalue weighted by Crippen LogP contribution is -2.01. The van der Waals surface area contributed by atoms with Gasteiger partial charge in [0.05, 0.1) is 13.7 Å². The van der Waals surface area contributed by atoms with Gasteiger partial charge < -0.3 is 9.47 Å². The summed E-state index contributed by atoms with van der Waals surface area (Å²) in [5, 5.41) is 5.91. The largest absolute Gasteiger partial charge is 0.452 e. The number of amides is 2. The van der Waals surface area contributed by atoms with E-state index in [4.69, 9.17) is 0 Å². The van der Waals surface area contributed by atoms with Crippen LogP contribution in [0, 0.1) is 0 Å². The maximum atomic E-state index is 10.7. The van der Waals surface area contributed by atoms with E-state index >= 15 is 0 Å². The first-order chi connectivity index (χ1) is 6.70.